The average molecular weight is 582 g/mol. The summed E-state index contributed by atoms with van der Waals surface area (Å²) in [5.41, 5.74) is 2.03. The SMILES string of the molecule is O=C1S[C@@]2(C(=O)N1Cc1ccccc1)C(=S)N[C@]1(C(=O)N(Cc3ccccc3)c3ccccc31)[C@H]2c1cccs1. The van der Waals surface area contributed by atoms with Gasteiger partial charge in [0.15, 0.2) is 10.3 Å². The Hall–Kier alpha value is -3.79. The Balaban J connectivity index is 1.38. The number of thioether (sulfide) groups is 1. The lowest BCUT2D eigenvalue weighted by Gasteiger charge is -2.34. The number of carbonyl (C=O) groups excluding carboxylic acids is 3. The Labute approximate surface area is 245 Å². The lowest BCUT2D eigenvalue weighted by Crippen LogP contribution is -2.51. The molecule has 40 heavy (non-hydrogen) atoms. The van der Waals surface area contributed by atoms with Crippen molar-refractivity contribution in [3.63, 3.8) is 0 Å². The van der Waals surface area contributed by atoms with E-state index in [0.29, 0.717) is 6.54 Å². The highest BCUT2D eigenvalue weighted by Gasteiger charge is 2.75. The first kappa shape index (κ1) is 25.2. The number of nitrogens with one attached hydrogen (secondary N) is 1. The van der Waals surface area contributed by atoms with Crippen molar-refractivity contribution in [2.75, 3.05) is 4.90 Å². The number of anilines is 1. The van der Waals surface area contributed by atoms with Crippen LogP contribution in [-0.2, 0) is 28.2 Å². The number of thiophene rings is 1. The molecule has 0 saturated carbocycles. The van der Waals surface area contributed by atoms with Crippen molar-refractivity contribution in [3.05, 3.63) is 124 Å². The fourth-order valence-electron chi connectivity index (χ4n) is 6.20. The van der Waals surface area contributed by atoms with Crippen LogP contribution in [0.3, 0.4) is 0 Å². The van der Waals surface area contributed by atoms with Crippen LogP contribution in [0.4, 0.5) is 10.5 Å². The van der Waals surface area contributed by atoms with Crippen LogP contribution in [0.25, 0.3) is 0 Å². The standard InChI is InChI=1S/C31H23N3O3S3/c35-27-30(22-14-7-8-15-23(22)33(27)18-20-10-3-1-4-11-20)25(24-16-9-17-39-24)31(26(38)32-30)28(36)34(29(37)40-31)19-21-12-5-2-6-13-21/h1-17,25H,18-19H2,(H,32,38)/t25-,30+,31-/m1/s1. The van der Waals surface area contributed by atoms with Crippen molar-refractivity contribution in [2.45, 2.75) is 29.3 Å². The largest absolute Gasteiger partial charge is 0.360 e. The highest BCUT2D eigenvalue weighted by atomic mass is 32.2. The van der Waals surface area contributed by atoms with Gasteiger partial charge in [-0.2, -0.15) is 0 Å². The van der Waals surface area contributed by atoms with Gasteiger partial charge in [-0.15, -0.1) is 11.3 Å². The number of nitrogens with zero attached hydrogens (tertiary/aromatic N) is 2. The second-order valence-electron chi connectivity index (χ2n) is 10.1. The lowest BCUT2D eigenvalue weighted by atomic mass is 9.74. The van der Waals surface area contributed by atoms with E-state index >= 15 is 0 Å². The smallest absolute Gasteiger partial charge is 0.290 e. The Bertz CT molecular complexity index is 1660. The van der Waals surface area contributed by atoms with Crippen molar-refractivity contribution in [3.8, 4) is 0 Å². The molecule has 9 heteroatoms. The summed E-state index contributed by atoms with van der Waals surface area (Å²) in [4.78, 5) is 46.8. The molecule has 1 N–H and O–H groups in total. The van der Waals surface area contributed by atoms with Gasteiger partial charge in [0.2, 0.25) is 0 Å². The Morgan fingerprint density at radius 3 is 2.02 bits per heavy atom. The predicted octanol–water partition coefficient (Wildman–Crippen LogP) is 5.84. The Morgan fingerprint density at radius 2 is 1.38 bits per heavy atom. The number of hydrogen-bond acceptors (Lipinski definition) is 6. The van der Waals surface area contributed by atoms with E-state index in [-0.39, 0.29) is 28.6 Å². The lowest BCUT2D eigenvalue weighted by molar-refractivity contribution is -0.129. The first-order chi connectivity index (χ1) is 19.5. The third kappa shape index (κ3) is 3.47. The number of benzene rings is 3. The second-order valence-corrected chi connectivity index (χ2v) is 12.7. The number of hydrogen-bond donors (Lipinski definition) is 1. The molecule has 2 spiro atoms. The van der Waals surface area contributed by atoms with Gasteiger partial charge in [0.25, 0.3) is 17.1 Å². The van der Waals surface area contributed by atoms with Crippen LogP contribution in [-0.4, -0.2) is 31.7 Å². The first-order valence-electron chi connectivity index (χ1n) is 12.9. The van der Waals surface area contributed by atoms with Crippen molar-refractivity contribution in [2.24, 2.45) is 0 Å². The quantitative estimate of drug-likeness (QED) is 0.299. The van der Waals surface area contributed by atoms with Crippen LogP contribution < -0.4 is 10.2 Å². The van der Waals surface area contributed by atoms with Gasteiger partial charge >= 0.3 is 0 Å². The normalized spacial score (nSPS) is 25.4. The van der Waals surface area contributed by atoms with Crippen LogP contribution in [0, 0.1) is 0 Å². The molecule has 2 saturated heterocycles. The topological polar surface area (TPSA) is 69.7 Å². The summed E-state index contributed by atoms with van der Waals surface area (Å²) in [6.45, 7) is 0.516. The minimum absolute atomic E-state index is 0.144. The maximum absolute atomic E-state index is 14.7. The van der Waals surface area contributed by atoms with Gasteiger partial charge < -0.3 is 10.2 Å². The number of thiocarbonyl (C=S) groups is 1. The summed E-state index contributed by atoms with van der Waals surface area (Å²) in [7, 11) is 0. The van der Waals surface area contributed by atoms with E-state index in [2.05, 4.69) is 5.32 Å². The van der Waals surface area contributed by atoms with Gasteiger partial charge in [0.1, 0.15) is 4.99 Å². The molecule has 4 heterocycles. The van der Waals surface area contributed by atoms with E-state index in [1.165, 1.54) is 16.2 Å². The van der Waals surface area contributed by atoms with Crippen LogP contribution in [0.2, 0.25) is 0 Å². The molecular weight excluding hydrogens is 559 g/mol. The molecule has 3 aliphatic heterocycles. The zero-order valence-electron chi connectivity index (χ0n) is 21.2. The average Bonchev–Trinajstić information content (AvgIpc) is 3.70. The van der Waals surface area contributed by atoms with Gasteiger partial charge in [0, 0.05) is 10.4 Å². The highest BCUT2D eigenvalue weighted by molar-refractivity contribution is 8.17. The van der Waals surface area contributed by atoms with Crippen LogP contribution in [0.5, 0.6) is 0 Å². The van der Waals surface area contributed by atoms with Crippen molar-refractivity contribution < 1.29 is 14.4 Å². The first-order valence-corrected chi connectivity index (χ1v) is 15.0. The number of para-hydroxylation sites is 1. The molecule has 6 nitrogen and oxygen atoms in total. The molecule has 3 atom stereocenters. The van der Waals surface area contributed by atoms with Gasteiger partial charge in [-0.1, -0.05) is 97.1 Å². The molecule has 0 unspecified atom stereocenters. The molecule has 3 aromatic carbocycles. The summed E-state index contributed by atoms with van der Waals surface area (Å²) in [5, 5.41) is 4.95. The third-order valence-electron chi connectivity index (χ3n) is 7.92. The van der Waals surface area contributed by atoms with Crippen molar-refractivity contribution in [1.82, 2.24) is 10.2 Å². The number of imide groups is 1. The fraction of sp³-hybridized carbons (Fsp3) is 0.161. The maximum Gasteiger partial charge on any atom is 0.290 e. The van der Waals surface area contributed by atoms with Crippen LogP contribution >= 0.6 is 35.3 Å². The molecular formula is C31H23N3O3S3. The van der Waals surface area contributed by atoms with Gasteiger partial charge in [0.05, 0.1) is 24.7 Å². The number of carbonyl (C=O) groups is 3. The fourth-order valence-corrected chi connectivity index (χ4v) is 9.02. The second kappa shape index (κ2) is 9.40. The molecule has 3 amide bonds. The minimum atomic E-state index is -1.45. The molecule has 198 valence electrons. The van der Waals surface area contributed by atoms with E-state index in [1.54, 1.807) is 4.90 Å². The zero-order valence-corrected chi connectivity index (χ0v) is 23.6. The summed E-state index contributed by atoms with van der Waals surface area (Å²) < 4.78 is -1.45. The molecule has 0 bridgehead atoms. The van der Waals surface area contributed by atoms with Crippen molar-refractivity contribution in [1.29, 1.82) is 0 Å². The van der Waals surface area contributed by atoms with Gasteiger partial charge in [-0.3, -0.25) is 19.3 Å². The molecule has 0 aliphatic carbocycles. The number of rotatable bonds is 5. The molecule has 7 rings (SSSR count). The third-order valence-corrected chi connectivity index (χ3v) is 10.7. The van der Waals surface area contributed by atoms with Crippen molar-refractivity contribution >= 4 is 63.0 Å². The molecule has 0 radical (unpaired) electrons. The van der Waals surface area contributed by atoms with E-state index in [4.69, 9.17) is 12.2 Å². The number of amides is 3. The zero-order chi connectivity index (χ0) is 27.5. The monoisotopic (exact) mass is 581 g/mol. The minimum Gasteiger partial charge on any atom is -0.360 e. The van der Waals surface area contributed by atoms with Gasteiger partial charge in [-0.25, -0.2) is 0 Å². The van der Waals surface area contributed by atoms with E-state index in [1.807, 2.05) is 102 Å². The summed E-state index contributed by atoms with van der Waals surface area (Å²) in [5.74, 6) is -1.28. The van der Waals surface area contributed by atoms with E-state index in [0.717, 1.165) is 39.0 Å². The predicted molar refractivity (Wildman–Crippen MR) is 161 cm³/mol. The molecule has 2 fully saturated rings. The molecule has 4 aromatic rings. The molecule has 1 aromatic heterocycles. The van der Waals surface area contributed by atoms with Gasteiger partial charge in [-0.05, 0) is 40.4 Å². The van der Waals surface area contributed by atoms with Crippen LogP contribution in [0.1, 0.15) is 27.5 Å². The summed E-state index contributed by atoms with van der Waals surface area (Å²) in [6, 6.07) is 30.8. The Morgan fingerprint density at radius 1 is 0.750 bits per heavy atom. The summed E-state index contributed by atoms with van der Waals surface area (Å²) >= 11 is 8.36. The molecule has 3 aliphatic rings. The Kier molecular flexibility index (Phi) is 5.92. The number of fused-ring (bicyclic) bond motifs is 2. The van der Waals surface area contributed by atoms with E-state index < -0.39 is 16.2 Å². The maximum atomic E-state index is 14.7. The van der Waals surface area contributed by atoms with Crippen LogP contribution in [0.15, 0.2) is 102 Å². The highest BCUT2D eigenvalue weighted by Crippen LogP contribution is 2.63. The summed E-state index contributed by atoms with van der Waals surface area (Å²) in [6.07, 6.45) is 0. The van der Waals surface area contributed by atoms with E-state index in [9.17, 15) is 14.4 Å².